The van der Waals surface area contributed by atoms with Gasteiger partial charge >= 0.3 is 0 Å². The van der Waals surface area contributed by atoms with Crippen LogP contribution in [0.5, 0.6) is 0 Å². The van der Waals surface area contributed by atoms with Crippen molar-refractivity contribution in [2.24, 2.45) is 0 Å². The SMILES string of the molecule is Cc1ccccc1C(=O)NCC(=O)NC(C)c1ccc(F)c(F)c1. The van der Waals surface area contributed by atoms with Crippen molar-refractivity contribution in [3.05, 3.63) is 70.8 Å². The molecular weight excluding hydrogens is 314 g/mol. The molecule has 0 fully saturated rings. The molecule has 2 N–H and O–H groups in total. The number of hydrogen-bond donors (Lipinski definition) is 2. The number of aryl methyl sites for hydroxylation is 1. The number of nitrogens with one attached hydrogen (secondary N) is 2. The molecular formula is C18H18F2N2O2. The van der Waals surface area contributed by atoms with Gasteiger partial charge in [0, 0.05) is 5.56 Å². The van der Waals surface area contributed by atoms with Gasteiger partial charge < -0.3 is 10.6 Å². The van der Waals surface area contributed by atoms with Gasteiger partial charge in [-0.2, -0.15) is 0 Å². The maximum absolute atomic E-state index is 13.2. The minimum Gasteiger partial charge on any atom is -0.348 e. The average Bonchev–Trinajstić information content (AvgIpc) is 2.55. The van der Waals surface area contributed by atoms with Crippen molar-refractivity contribution in [1.29, 1.82) is 0 Å². The first-order valence-corrected chi connectivity index (χ1v) is 7.46. The van der Waals surface area contributed by atoms with E-state index >= 15 is 0 Å². The zero-order valence-electron chi connectivity index (χ0n) is 13.4. The van der Waals surface area contributed by atoms with Crippen molar-refractivity contribution in [2.75, 3.05) is 6.54 Å². The Morgan fingerprint density at radius 1 is 1.08 bits per heavy atom. The number of hydrogen-bond acceptors (Lipinski definition) is 2. The fraction of sp³-hybridized carbons (Fsp3) is 0.222. The summed E-state index contributed by atoms with van der Waals surface area (Å²) in [6.45, 7) is 3.25. The van der Waals surface area contributed by atoms with E-state index in [1.807, 2.05) is 6.07 Å². The zero-order chi connectivity index (χ0) is 17.7. The van der Waals surface area contributed by atoms with Crippen LogP contribution in [-0.4, -0.2) is 18.4 Å². The van der Waals surface area contributed by atoms with Gasteiger partial charge in [0.2, 0.25) is 5.91 Å². The Bertz CT molecular complexity index is 762. The molecule has 0 aromatic heterocycles. The summed E-state index contributed by atoms with van der Waals surface area (Å²) >= 11 is 0. The second-order valence-corrected chi connectivity index (χ2v) is 5.46. The van der Waals surface area contributed by atoms with E-state index in [0.717, 1.165) is 17.7 Å². The summed E-state index contributed by atoms with van der Waals surface area (Å²) in [5, 5.41) is 5.15. The van der Waals surface area contributed by atoms with Crippen LogP contribution in [0.1, 0.15) is 34.5 Å². The van der Waals surface area contributed by atoms with Crippen LogP contribution in [0.15, 0.2) is 42.5 Å². The van der Waals surface area contributed by atoms with E-state index in [-0.39, 0.29) is 12.5 Å². The Hall–Kier alpha value is -2.76. The van der Waals surface area contributed by atoms with Gasteiger partial charge in [0.15, 0.2) is 11.6 Å². The van der Waals surface area contributed by atoms with Crippen molar-refractivity contribution >= 4 is 11.8 Å². The molecule has 24 heavy (non-hydrogen) atoms. The van der Waals surface area contributed by atoms with Crippen LogP contribution in [0.2, 0.25) is 0 Å². The van der Waals surface area contributed by atoms with E-state index in [1.165, 1.54) is 6.07 Å². The fourth-order valence-electron chi connectivity index (χ4n) is 2.24. The summed E-state index contributed by atoms with van der Waals surface area (Å²) in [4.78, 5) is 23.9. The van der Waals surface area contributed by atoms with Gasteiger partial charge in [0.25, 0.3) is 5.91 Å². The first kappa shape index (κ1) is 17.6. The van der Waals surface area contributed by atoms with Crippen molar-refractivity contribution in [2.45, 2.75) is 19.9 Å². The molecule has 0 heterocycles. The third-order valence-electron chi connectivity index (χ3n) is 3.62. The minimum absolute atomic E-state index is 0.207. The molecule has 1 atom stereocenters. The Morgan fingerprint density at radius 3 is 2.46 bits per heavy atom. The molecule has 4 nitrogen and oxygen atoms in total. The van der Waals surface area contributed by atoms with Crippen LogP contribution >= 0.6 is 0 Å². The van der Waals surface area contributed by atoms with E-state index in [1.54, 1.807) is 32.0 Å². The van der Waals surface area contributed by atoms with Gasteiger partial charge in [-0.3, -0.25) is 9.59 Å². The number of benzene rings is 2. The molecule has 0 saturated heterocycles. The third-order valence-corrected chi connectivity index (χ3v) is 3.62. The molecule has 0 radical (unpaired) electrons. The highest BCUT2D eigenvalue weighted by molar-refractivity contribution is 5.97. The lowest BCUT2D eigenvalue weighted by Gasteiger charge is -2.15. The van der Waals surface area contributed by atoms with Gasteiger partial charge in [-0.15, -0.1) is 0 Å². The Morgan fingerprint density at radius 2 is 1.79 bits per heavy atom. The fourth-order valence-corrected chi connectivity index (χ4v) is 2.24. The van der Waals surface area contributed by atoms with Gasteiger partial charge in [0.05, 0.1) is 12.6 Å². The normalized spacial score (nSPS) is 11.7. The summed E-state index contributed by atoms with van der Waals surface area (Å²) in [5.41, 5.74) is 1.75. The van der Waals surface area contributed by atoms with Crippen LogP contribution in [0.4, 0.5) is 8.78 Å². The topological polar surface area (TPSA) is 58.2 Å². The van der Waals surface area contributed by atoms with Crippen LogP contribution in [0.25, 0.3) is 0 Å². The summed E-state index contributed by atoms with van der Waals surface area (Å²) in [6.07, 6.45) is 0. The number of carbonyl (C=O) groups is 2. The monoisotopic (exact) mass is 332 g/mol. The first-order valence-electron chi connectivity index (χ1n) is 7.46. The predicted octanol–water partition coefficient (Wildman–Crippen LogP) is 2.88. The number of halogens is 2. The molecule has 2 rings (SSSR count). The highest BCUT2D eigenvalue weighted by Gasteiger charge is 2.14. The largest absolute Gasteiger partial charge is 0.348 e. The van der Waals surface area contributed by atoms with E-state index in [0.29, 0.717) is 11.1 Å². The highest BCUT2D eigenvalue weighted by atomic mass is 19.2. The van der Waals surface area contributed by atoms with Gasteiger partial charge in [-0.05, 0) is 43.2 Å². The molecule has 2 aromatic rings. The van der Waals surface area contributed by atoms with E-state index < -0.39 is 23.6 Å². The van der Waals surface area contributed by atoms with Crippen molar-refractivity contribution in [3.63, 3.8) is 0 Å². The standard InChI is InChI=1S/C18H18F2N2O2/c1-11-5-3-4-6-14(11)18(24)21-10-17(23)22-12(2)13-7-8-15(19)16(20)9-13/h3-9,12H,10H2,1-2H3,(H,21,24)(H,22,23). The average molecular weight is 332 g/mol. The molecule has 0 spiro atoms. The van der Waals surface area contributed by atoms with Crippen molar-refractivity contribution in [1.82, 2.24) is 10.6 Å². The summed E-state index contributed by atoms with van der Waals surface area (Å²) in [6, 6.07) is 9.97. The number of rotatable bonds is 5. The van der Waals surface area contributed by atoms with E-state index in [4.69, 9.17) is 0 Å². The molecule has 0 saturated carbocycles. The summed E-state index contributed by atoms with van der Waals surface area (Å²) in [7, 11) is 0. The van der Waals surface area contributed by atoms with Crippen molar-refractivity contribution in [3.8, 4) is 0 Å². The van der Waals surface area contributed by atoms with Gasteiger partial charge in [-0.1, -0.05) is 24.3 Å². The molecule has 0 bridgehead atoms. The van der Waals surface area contributed by atoms with Crippen molar-refractivity contribution < 1.29 is 18.4 Å². The molecule has 2 amide bonds. The second kappa shape index (κ2) is 7.68. The Labute approximate surface area is 138 Å². The lowest BCUT2D eigenvalue weighted by molar-refractivity contribution is -0.120. The quantitative estimate of drug-likeness (QED) is 0.884. The number of amides is 2. The first-order chi connectivity index (χ1) is 11.4. The molecule has 126 valence electrons. The minimum atomic E-state index is -0.971. The summed E-state index contributed by atoms with van der Waals surface area (Å²) in [5.74, 6) is -2.68. The molecule has 0 aliphatic rings. The van der Waals surface area contributed by atoms with Crippen LogP contribution in [0.3, 0.4) is 0 Å². The van der Waals surface area contributed by atoms with Crippen LogP contribution in [-0.2, 0) is 4.79 Å². The molecule has 6 heteroatoms. The van der Waals surface area contributed by atoms with E-state index in [2.05, 4.69) is 10.6 Å². The molecule has 0 aliphatic heterocycles. The number of carbonyl (C=O) groups excluding carboxylic acids is 2. The lowest BCUT2D eigenvalue weighted by atomic mass is 10.1. The Balaban J connectivity index is 1.90. The molecule has 2 aromatic carbocycles. The third kappa shape index (κ3) is 4.38. The van der Waals surface area contributed by atoms with E-state index in [9.17, 15) is 18.4 Å². The maximum Gasteiger partial charge on any atom is 0.251 e. The highest BCUT2D eigenvalue weighted by Crippen LogP contribution is 2.15. The molecule has 0 aliphatic carbocycles. The lowest BCUT2D eigenvalue weighted by Crippen LogP contribution is -2.38. The molecule has 1 unspecified atom stereocenters. The van der Waals surface area contributed by atoms with Gasteiger partial charge in [-0.25, -0.2) is 8.78 Å². The zero-order valence-corrected chi connectivity index (χ0v) is 13.4. The summed E-state index contributed by atoms with van der Waals surface area (Å²) < 4.78 is 26.1. The maximum atomic E-state index is 13.2. The van der Waals surface area contributed by atoms with Gasteiger partial charge in [0.1, 0.15) is 0 Å². The predicted molar refractivity (Wildman–Crippen MR) is 86.4 cm³/mol. The smallest absolute Gasteiger partial charge is 0.251 e. The van der Waals surface area contributed by atoms with Crippen LogP contribution in [0, 0.1) is 18.6 Å². The van der Waals surface area contributed by atoms with Crippen LogP contribution < -0.4 is 10.6 Å². The second-order valence-electron chi connectivity index (χ2n) is 5.46. The Kier molecular flexibility index (Phi) is 5.63.